The van der Waals surface area contributed by atoms with E-state index in [0.717, 1.165) is 36.9 Å². The number of pyridine rings is 1. The Labute approximate surface area is 189 Å². The number of nitrogens with two attached hydrogens (primary N) is 1. The maximum absolute atomic E-state index is 12.7. The molecule has 0 spiro atoms. The molecule has 3 rings (SSSR count). The highest BCUT2D eigenvalue weighted by molar-refractivity contribution is 6.30. The molecule has 1 heterocycles. The van der Waals surface area contributed by atoms with Crippen LogP contribution in [0.1, 0.15) is 45.1 Å². The number of amides is 2. The van der Waals surface area contributed by atoms with Crippen LogP contribution in [0.3, 0.4) is 0 Å². The second-order valence-corrected chi connectivity index (χ2v) is 9.41. The van der Waals surface area contributed by atoms with Crippen LogP contribution >= 0.6 is 11.6 Å². The maximum atomic E-state index is 12.7. The maximum Gasteiger partial charge on any atom is 0.237 e. The zero-order chi connectivity index (χ0) is 22.4. The topological polar surface area (TPSA) is 97.1 Å². The Bertz CT molecular complexity index is 878. The van der Waals surface area contributed by atoms with Crippen LogP contribution in [-0.2, 0) is 15.0 Å². The fourth-order valence-corrected chi connectivity index (χ4v) is 4.19. The van der Waals surface area contributed by atoms with Gasteiger partial charge in [-0.3, -0.25) is 14.6 Å². The summed E-state index contributed by atoms with van der Waals surface area (Å²) in [4.78, 5) is 29.1. The quantitative estimate of drug-likeness (QED) is 0.605. The summed E-state index contributed by atoms with van der Waals surface area (Å²) in [5.74, 6) is -0.0775. The molecule has 31 heavy (non-hydrogen) atoms. The first kappa shape index (κ1) is 23.2. The Hall–Kier alpha value is -2.44. The van der Waals surface area contributed by atoms with Crippen LogP contribution in [-0.4, -0.2) is 29.4 Å². The van der Waals surface area contributed by atoms with E-state index in [9.17, 15) is 9.59 Å². The van der Waals surface area contributed by atoms with Crippen LogP contribution in [0.5, 0.6) is 0 Å². The summed E-state index contributed by atoms with van der Waals surface area (Å²) < 4.78 is 0. The van der Waals surface area contributed by atoms with Crippen molar-refractivity contribution in [1.29, 1.82) is 0 Å². The molecule has 2 amide bonds. The molecular weight excluding hydrogens is 412 g/mol. The molecule has 166 valence electrons. The Balaban J connectivity index is 1.46. The van der Waals surface area contributed by atoms with E-state index in [1.165, 1.54) is 0 Å². The molecule has 1 aliphatic rings. The third kappa shape index (κ3) is 6.28. The summed E-state index contributed by atoms with van der Waals surface area (Å²) in [5.41, 5.74) is 7.91. The lowest BCUT2D eigenvalue weighted by molar-refractivity contribution is -0.124. The van der Waals surface area contributed by atoms with Crippen LogP contribution < -0.4 is 16.4 Å². The number of hydrogen-bond donors (Lipinski definition) is 3. The number of hydrogen-bond acceptors (Lipinski definition) is 4. The molecule has 0 aliphatic heterocycles. The molecule has 1 saturated carbocycles. The summed E-state index contributed by atoms with van der Waals surface area (Å²) >= 11 is 5.97. The highest BCUT2D eigenvalue weighted by Gasteiger charge is 2.33. The van der Waals surface area contributed by atoms with E-state index in [1.54, 1.807) is 24.5 Å². The summed E-state index contributed by atoms with van der Waals surface area (Å²) in [6, 6.07) is 10.7. The number of carbonyl (C=O) groups is 2. The molecule has 4 N–H and O–H groups in total. The van der Waals surface area contributed by atoms with Gasteiger partial charge in [0, 0.05) is 41.0 Å². The molecule has 1 aromatic carbocycles. The summed E-state index contributed by atoms with van der Waals surface area (Å²) in [6.07, 6.45) is 6.31. The number of rotatable bonds is 7. The Kier molecular flexibility index (Phi) is 7.68. The minimum absolute atomic E-state index is 0.0207. The Morgan fingerprint density at radius 3 is 2.32 bits per heavy atom. The zero-order valence-corrected chi connectivity index (χ0v) is 18.9. The normalized spacial score (nSPS) is 20.0. The van der Waals surface area contributed by atoms with Crippen molar-refractivity contribution in [3.05, 3.63) is 59.4 Å². The van der Waals surface area contributed by atoms with Crippen LogP contribution in [0.2, 0.25) is 5.02 Å². The average molecular weight is 443 g/mol. The number of anilines is 1. The van der Waals surface area contributed by atoms with Crippen molar-refractivity contribution in [3.8, 4) is 0 Å². The van der Waals surface area contributed by atoms with E-state index >= 15 is 0 Å². The van der Waals surface area contributed by atoms with Gasteiger partial charge >= 0.3 is 0 Å². The molecule has 1 aliphatic carbocycles. The third-order valence-corrected chi connectivity index (χ3v) is 6.48. The lowest BCUT2D eigenvalue weighted by Gasteiger charge is -2.32. The van der Waals surface area contributed by atoms with Crippen LogP contribution in [0.15, 0.2) is 48.8 Å². The molecule has 1 fully saturated rings. The molecule has 0 saturated heterocycles. The first-order valence-electron chi connectivity index (χ1n) is 10.8. The number of carbonyl (C=O) groups excluding carboxylic acids is 2. The van der Waals surface area contributed by atoms with Gasteiger partial charge in [0.05, 0.1) is 6.04 Å². The second kappa shape index (κ2) is 10.2. The third-order valence-electron chi connectivity index (χ3n) is 6.23. The number of halogens is 1. The first-order valence-corrected chi connectivity index (χ1v) is 11.1. The van der Waals surface area contributed by atoms with Crippen molar-refractivity contribution in [2.75, 3.05) is 11.9 Å². The van der Waals surface area contributed by atoms with Gasteiger partial charge in [0.15, 0.2) is 0 Å². The van der Waals surface area contributed by atoms with Gasteiger partial charge < -0.3 is 16.4 Å². The van der Waals surface area contributed by atoms with E-state index in [0.29, 0.717) is 11.6 Å². The smallest absolute Gasteiger partial charge is 0.237 e. The van der Waals surface area contributed by atoms with E-state index in [-0.39, 0.29) is 29.1 Å². The molecule has 1 atom stereocenters. The van der Waals surface area contributed by atoms with Crippen LogP contribution in [0.4, 0.5) is 5.69 Å². The van der Waals surface area contributed by atoms with Crippen molar-refractivity contribution < 1.29 is 9.59 Å². The zero-order valence-electron chi connectivity index (χ0n) is 18.1. The first-order chi connectivity index (χ1) is 14.8. The number of aromatic nitrogens is 1. The van der Waals surface area contributed by atoms with Crippen LogP contribution in [0.25, 0.3) is 0 Å². The second-order valence-electron chi connectivity index (χ2n) is 8.97. The van der Waals surface area contributed by atoms with Gasteiger partial charge in [-0.25, -0.2) is 0 Å². The summed E-state index contributed by atoms with van der Waals surface area (Å²) in [5, 5.41) is 6.64. The fraction of sp³-hybridized carbons (Fsp3) is 0.458. The average Bonchev–Trinajstić information content (AvgIpc) is 2.78. The van der Waals surface area contributed by atoms with Gasteiger partial charge in [0.1, 0.15) is 0 Å². The van der Waals surface area contributed by atoms with Crippen molar-refractivity contribution in [2.24, 2.45) is 17.6 Å². The van der Waals surface area contributed by atoms with Crippen molar-refractivity contribution in [1.82, 2.24) is 10.3 Å². The highest BCUT2D eigenvalue weighted by atomic mass is 35.5. The molecule has 1 aromatic heterocycles. The number of benzene rings is 1. The van der Waals surface area contributed by atoms with Gasteiger partial charge in [0.25, 0.3) is 0 Å². The Morgan fingerprint density at radius 2 is 1.71 bits per heavy atom. The Morgan fingerprint density at radius 1 is 1.10 bits per heavy atom. The lowest BCUT2D eigenvalue weighted by atomic mass is 9.78. The molecule has 1 unspecified atom stereocenters. The largest absolute Gasteiger partial charge is 0.354 e. The molecule has 7 heteroatoms. The fourth-order valence-electron chi connectivity index (χ4n) is 4.06. The molecule has 0 radical (unpaired) electrons. The molecule has 0 bridgehead atoms. The van der Waals surface area contributed by atoms with Crippen molar-refractivity contribution in [3.63, 3.8) is 0 Å². The lowest BCUT2D eigenvalue weighted by Crippen LogP contribution is -2.49. The van der Waals surface area contributed by atoms with E-state index in [2.05, 4.69) is 29.5 Å². The molecular formula is C24H31ClN4O2. The van der Waals surface area contributed by atoms with Crippen molar-refractivity contribution in [2.45, 2.75) is 51.0 Å². The van der Waals surface area contributed by atoms with E-state index < -0.39 is 6.04 Å². The standard InChI is InChI=1S/C24H31ClN4O2/c1-24(2,18-7-9-19(25)10-8-18)15-28-23(31)21(26)16-3-5-17(6-4-16)22(30)29-20-11-13-27-14-12-20/h7-14,16-17,21H,3-6,15,26H2,1-2H3,(H,28,31)(H,27,29,30). The predicted molar refractivity (Wildman–Crippen MR) is 124 cm³/mol. The van der Waals surface area contributed by atoms with E-state index in [4.69, 9.17) is 17.3 Å². The predicted octanol–water partition coefficient (Wildman–Crippen LogP) is 3.90. The summed E-state index contributed by atoms with van der Waals surface area (Å²) in [7, 11) is 0. The minimum atomic E-state index is -0.565. The monoisotopic (exact) mass is 442 g/mol. The summed E-state index contributed by atoms with van der Waals surface area (Å²) in [6.45, 7) is 4.65. The van der Waals surface area contributed by atoms with Crippen LogP contribution in [0, 0.1) is 11.8 Å². The van der Waals surface area contributed by atoms with Gasteiger partial charge in [-0.2, -0.15) is 0 Å². The van der Waals surface area contributed by atoms with E-state index in [1.807, 2.05) is 24.3 Å². The van der Waals surface area contributed by atoms with Gasteiger partial charge in [-0.15, -0.1) is 0 Å². The number of nitrogens with one attached hydrogen (secondary N) is 2. The van der Waals surface area contributed by atoms with Gasteiger partial charge in [0.2, 0.25) is 11.8 Å². The number of nitrogens with zero attached hydrogens (tertiary/aromatic N) is 1. The van der Waals surface area contributed by atoms with Gasteiger partial charge in [-0.05, 0) is 61.4 Å². The van der Waals surface area contributed by atoms with Crippen molar-refractivity contribution >= 4 is 29.1 Å². The molecule has 2 aromatic rings. The SMILES string of the molecule is CC(C)(CNC(=O)C(N)C1CCC(C(=O)Nc2ccncc2)CC1)c1ccc(Cl)cc1. The van der Waals surface area contributed by atoms with Gasteiger partial charge in [-0.1, -0.05) is 37.6 Å². The highest BCUT2D eigenvalue weighted by Crippen LogP contribution is 2.31. The minimum Gasteiger partial charge on any atom is -0.354 e. The molecule has 6 nitrogen and oxygen atoms in total.